The van der Waals surface area contributed by atoms with Crippen LogP contribution in [-0.4, -0.2) is 12.7 Å². The molecule has 0 spiro atoms. The molecule has 1 aromatic carbocycles. The molecule has 0 aliphatic carbocycles. The fraction of sp³-hybridized carbons (Fsp3) is 0.417. The second kappa shape index (κ2) is 5.05. The number of hydrogen-bond donors (Lipinski definition) is 2. The highest BCUT2D eigenvalue weighted by Gasteiger charge is 2.15. The van der Waals surface area contributed by atoms with Gasteiger partial charge >= 0.3 is 0 Å². The molecule has 0 radical (unpaired) electrons. The molecule has 5 nitrogen and oxygen atoms in total. The van der Waals surface area contributed by atoms with Crippen molar-refractivity contribution in [2.75, 3.05) is 6.79 Å². The molecule has 0 saturated heterocycles. The average molecular weight is 236 g/mol. The highest BCUT2D eigenvalue weighted by Crippen LogP contribution is 2.34. The third-order valence-corrected chi connectivity index (χ3v) is 2.84. The first-order valence-corrected chi connectivity index (χ1v) is 5.59. The summed E-state index contributed by atoms with van der Waals surface area (Å²) in [6.45, 7) is 2.31. The zero-order chi connectivity index (χ0) is 12.3. The summed E-state index contributed by atoms with van der Waals surface area (Å²) in [5, 5.41) is 0. The van der Waals surface area contributed by atoms with Gasteiger partial charge in [-0.25, -0.2) is 5.84 Å². The number of nitrogens with one attached hydrogen (secondary N) is 1. The molecule has 1 aliphatic heterocycles. The van der Waals surface area contributed by atoms with E-state index in [4.69, 9.17) is 15.3 Å². The van der Waals surface area contributed by atoms with Gasteiger partial charge < -0.3 is 9.47 Å². The number of benzene rings is 1. The number of hydrogen-bond acceptors (Lipinski definition) is 4. The van der Waals surface area contributed by atoms with Crippen LogP contribution in [0.3, 0.4) is 0 Å². The third kappa shape index (κ3) is 2.68. The molecule has 0 saturated carbocycles. The summed E-state index contributed by atoms with van der Waals surface area (Å²) in [5.74, 6) is 6.47. The summed E-state index contributed by atoms with van der Waals surface area (Å²) in [4.78, 5) is 11.0. The minimum absolute atomic E-state index is 0.136. The smallest absolute Gasteiger partial charge is 0.233 e. The van der Waals surface area contributed by atoms with Gasteiger partial charge in [-0.15, -0.1) is 0 Å². The molecule has 1 amide bonds. The third-order valence-electron chi connectivity index (χ3n) is 2.84. The first kappa shape index (κ1) is 11.7. The van der Waals surface area contributed by atoms with E-state index >= 15 is 0 Å². The molecule has 0 unspecified atom stereocenters. The lowest BCUT2D eigenvalue weighted by Gasteiger charge is -2.07. The van der Waals surface area contributed by atoms with Crippen LogP contribution in [0, 0.1) is 6.92 Å². The van der Waals surface area contributed by atoms with Gasteiger partial charge in [0.05, 0.1) is 0 Å². The summed E-state index contributed by atoms with van der Waals surface area (Å²) in [6, 6.07) is 3.96. The summed E-state index contributed by atoms with van der Waals surface area (Å²) in [5.41, 5.74) is 4.46. The molecule has 0 bridgehead atoms. The van der Waals surface area contributed by atoms with Crippen molar-refractivity contribution in [1.29, 1.82) is 0 Å². The van der Waals surface area contributed by atoms with Gasteiger partial charge in [0, 0.05) is 6.42 Å². The molecule has 0 aromatic heterocycles. The number of carbonyl (C=O) groups is 1. The molecule has 1 aromatic rings. The van der Waals surface area contributed by atoms with E-state index in [9.17, 15) is 4.79 Å². The van der Waals surface area contributed by atoms with E-state index < -0.39 is 0 Å². The van der Waals surface area contributed by atoms with Gasteiger partial charge in [0.25, 0.3) is 0 Å². The predicted molar refractivity (Wildman–Crippen MR) is 62.6 cm³/mol. The Balaban J connectivity index is 1.99. The molecular formula is C12H16N2O3. The number of carbonyl (C=O) groups excluding carboxylic acids is 1. The number of amides is 1. The molecule has 17 heavy (non-hydrogen) atoms. The zero-order valence-corrected chi connectivity index (χ0v) is 9.79. The standard InChI is InChI=1S/C12H16N2O3/c1-8-5-10-11(17-7-16-10)6-9(8)3-2-4-12(15)14-13/h5-6H,2-4,7,13H2,1H3,(H,14,15). The second-order valence-corrected chi connectivity index (χ2v) is 4.05. The molecule has 0 fully saturated rings. The van der Waals surface area contributed by atoms with Crippen molar-refractivity contribution in [3.05, 3.63) is 23.3 Å². The fourth-order valence-electron chi connectivity index (χ4n) is 1.87. The Hall–Kier alpha value is -1.75. The van der Waals surface area contributed by atoms with Crippen LogP contribution in [-0.2, 0) is 11.2 Å². The highest BCUT2D eigenvalue weighted by atomic mass is 16.7. The first-order valence-electron chi connectivity index (χ1n) is 5.59. The van der Waals surface area contributed by atoms with Crippen molar-refractivity contribution in [3.8, 4) is 11.5 Å². The van der Waals surface area contributed by atoms with Crippen molar-refractivity contribution < 1.29 is 14.3 Å². The molecule has 1 heterocycles. The predicted octanol–water partition coefficient (Wildman–Crippen LogP) is 1.04. The molecule has 1 aliphatic rings. The van der Waals surface area contributed by atoms with E-state index in [1.807, 2.05) is 19.1 Å². The van der Waals surface area contributed by atoms with Crippen LogP contribution in [0.1, 0.15) is 24.0 Å². The molecule has 5 heteroatoms. The van der Waals surface area contributed by atoms with E-state index in [0.717, 1.165) is 29.9 Å². The van der Waals surface area contributed by atoms with Crippen LogP contribution in [0.4, 0.5) is 0 Å². The van der Waals surface area contributed by atoms with Crippen molar-refractivity contribution in [1.82, 2.24) is 5.43 Å². The van der Waals surface area contributed by atoms with Gasteiger partial charge in [-0.1, -0.05) is 0 Å². The number of nitrogens with two attached hydrogens (primary N) is 1. The number of aryl methyl sites for hydroxylation is 2. The van der Waals surface area contributed by atoms with Crippen molar-refractivity contribution in [3.63, 3.8) is 0 Å². The van der Waals surface area contributed by atoms with Crippen molar-refractivity contribution in [2.45, 2.75) is 26.2 Å². The first-order chi connectivity index (χ1) is 8.20. The molecule has 0 atom stereocenters. The number of rotatable bonds is 4. The van der Waals surface area contributed by atoms with E-state index in [1.165, 1.54) is 5.56 Å². The van der Waals surface area contributed by atoms with Crippen LogP contribution in [0.2, 0.25) is 0 Å². The van der Waals surface area contributed by atoms with Crippen LogP contribution in [0.15, 0.2) is 12.1 Å². The van der Waals surface area contributed by atoms with Gasteiger partial charge in [0.1, 0.15) is 0 Å². The van der Waals surface area contributed by atoms with Crippen molar-refractivity contribution in [2.24, 2.45) is 5.84 Å². The van der Waals surface area contributed by atoms with Crippen molar-refractivity contribution >= 4 is 5.91 Å². The number of hydrazine groups is 1. The summed E-state index contributed by atoms with van der Waals surface area (Å²) in [7, 11) is 0. The van der Waals surface area contributed by atoms with Crippen LogP contribution in [0.5, 0.6) is 11.5 Å². The lowest BCUT2D eigenvalue weighted by atomic mass is 10.0. The molecule has 3 N–H and O–H groups in total. The summed E-state index contributed by atoms with van der Waals surface area (Å²) >= 11 is 0. The maximum atomic E-state index is 11.0. The lowest BCUT2D eigenvalue weighted by Crippen LogP contribution is -2.29. The van der Waals surface area contributed by atoms with E-state index in [2.05, 4.69) is 5.43 Å². The van der Waals surface area contributed by atoms with Crippen LogP contribution < -0.4 is 20.7 Å². The normalized spacial score (nSPS) is 12.6. The molecular weight excluding hydrogens is 220 g/mol. The van der Waals surface area contributed by atoms with Crippen LogP contribution >= 0.6 is 0 Å². The Kier molecular flexibility index (Phi) is 3.49. The number of ether oxygens (including phenoxy) is 2. The topological polar surface area (TPSA) is 73.6 Å². The maximum Gasteiger partial charge on any atom is 0.233 e. The minimum Gasteiger partial charge on any atom is -0.454 e. The quantitative estimate of drug-likeness (QED) is 0.465. The zero-order valence-electron chi connectivity index (χ0n) is 9.79. The van der Waals surface area contributed by atoms with Gasteiger partial charge in [-0.2, -0.15) is 0 Å². The maximum absolute atomic E-state index is 11.0. The monoisotopic (exact) mass is 236 g/mol. The summed E-state index contributed by atoms with van der Waals surface area (Å²) < 4.78 is 10.6. The average Bonchev–Trinajstić information content (AvgIpc) is 2.76. The Labute approximate surface area is 99.9 Å². The van der Waals surface area contributed by atoms with Gasteiger partial charge in [0.2, 0.25) is 12.7 Å². The number of fused-ring (bicyclic) bond motifs is 1. The van der Waals surface area contributed by atoms with E-state index in [-0.39, 0.29) is 12.7 Å². The van der Waals surface area contributed by atoms with Gasteiger partial charge in [-0.05, 0) is 43.0 Å². The fourth-order valence-corrected chi connectivity index (χ4v) is 1.87. The second-order valence-electron chi connectivity index (χ2n) is 4.05. The van der Waals surface area contributed by atoms with Crippen LogP contribution in [0.25, 0.3) is 0 Å². The van der Waals surface area contributed by atoms with E-state index in [1.54, 1.807) is 0 Å². The SMILES string of the molecule is Cc1cc2c(cc1CCCC(=O)NN)OCO2. The highest BCUT2D eigenvalue weighted by molar-refractivity contribution is 5.75. The minimum atomic E-state index is -0.136. The lowest BCUT2D eigenvalue weighted by molar-refractivity contribution is -0.121. The van der Waals surface area contributed by atoms with Gasteiger partial charge in [-0.3, -0.25) is 10.2 Å². The Bertz CT molecular complexity index is 432. The molecule has 92 valence electrons. The van der Waals surface area contributed by atoms with E-state index in [0.29, 0.717) is 6.42 Å². The Morgan fingerprint density at radius 1 is 1.41 bits per heavy atom. The molecule has 2 rings (SSSR count). The summed E-state index contributed by atoms with van der Waals surface area (Å²) in [6.07, 6.45) is 2.03. The largest absolute Gasteiger partial charge is 0.454 e. The van der Waals surface area contributed by atoms with Gasteiger partial charge in [0.15, 0.2) is 11.5 Å². The Morgan fingerprint density at radius 3 is 2.82 bits per heavy atom. The Morgan fingerprint density at radius 2 is 2.12 bits per heavy atom.